The van der Waals surface area contributed by atoms with Gasteiger partial charge >= 0.3 is 0 Å². The predicted molar refractivity (Wildman–Crippen MR) is 131 cm³/mol. The van der Waals surface area contributed by atoms with Gasteiger partial charge in [0.2, 0.25) is 0 Å². The zero-order valence-corrected chi connectivity index (χ0v) is 18.8. The number of non-ortho nitro benzene ring substituents is 1. The molecule has 0 radical (unpaired) electrons. The number of rotatable bonds is 6. The summed E-state index contributed by atoms with van der Waals surface area (Å²) in [6.45, 7) is 0.325. The highest BCUT2D eigenvalue weighted by Gasteiger charge is 2.33. The van der Waals surface area contributed by atoms with Crippen LogP contribution in [0, 0.1) is 10.1 Å². The predicted octanol–water partition coefficient (Wildman–Crippen LogP) is 6.23. The van der Waals surface area contributed by atoms with E-state index in [1.54, 1.807) is 6.08 Å². The number of hydrogen-bond donors (Lipinski definition) is 0. The molecule has 0 unspecified atom stereocenters. The number of thiocarbonyl (C=S) groups is 1. The Morgan fingerprint density at radius 2 is 1.84 bits per heavy atom. The minimum Gasteiger partial charge on any atom is -0.489 e. The molecule has 0 saturated carbocycles. The van der Waals surface area contributed by atoms with Crippen molar-refractivity contribution in [3.63, 3.8) is 0 Å². The van der Waals surface area contributed by atoms with Crippen LogP contribution in [0.1, 0.15) is 11.1 Å². The first-order valence-electron chi connectivity index (χ1n) is 9.41. The third-order valence-corrected chi connectivity index (χ3v) is 6.29. The molecule has 0 aromatic heterocycles. The quantitative estimate of drug-likeness (QED) is 0.179. The average molecular weight is 483 g/mol. The molecule has 0 aliphatic carbocycles. The zero-order valence-electron chi connectivity index (χ0n) is 16.4. The van der Waals surface area contributed by atoms with Gasteiger partial charge in [0.1, 0.15) is 12.4 Å². The summed E-state index contributed by atoms with van der Waals surface area (Å²) >= 11 is 12.7. The molecule has 9 heteroatoms. The highest BCUT2D eigenvalue weighted by molar-refractivity contribution is 8.27. The second-order valence-electron chi connectivity index (χ2n) is 6.74. The summed E-state index contributed by atoms with van der Waals surface area (Å²) < 4.78 is 6.21. The van der Waals surface area contributed by atoms with Gasteiger partial charge in [0.15, 0.2) is 4.32 Å². The molecule has 0 bridgehead atoms. The number of carbonyl (C=O) groups is 1. The fraction of sp³-hybridized carbons (Fsp3) is 0.0435. The molecule has 1 saturated heterocycles. The van der Waals surface area contributed by atoms with Crippen molar-refractivity contribution in [3.05, 3.63) is 104 Å². The molecule has 1 heterocycles. The van der Waals surface area contributed by atoms with E-state index < -0.39 is 4.92 Å². The lowest BCUT2D eigenvalue weighted by atomic mass is 10.2. The molecule has 0 atom stereocenters. The van der Waals surface area contributed by atoms with Crippen LogP contribution in [0.3, 0.4) is 0 Å². The largest absolute Gasteiger partial charge is 0.489 e. The summed E-state index contributed by atoms with van der Waals surface area (Å²) in [7, 11) is 0. The van der Waals surface area contributed by atoms with Crippen LogP contribution in [0.2, 0.25) is 5.02 Å². The summed E-state index contributed by atoms with van der Waals surface area (Å²) in [4.78, 5) is 25.1. The van der Waals surface area contributed by atoms with Gasteiger partial charge in [-0.3, -0.25) is 19.8 Å². The molecule has 3 aromatic carbocycles. The minimum absolute atomic E-state index is 0.0525. The standard InChI is InChI=1S/C23H15ClN2O4S2/c24-20-7-2-1-5-16(20)14-30-19-6-3-4-15(12-19)13-21-22(27)25(23(31)32-21)17-8-10-18(11-9-17)26(28)29/h1-13H,14H2/b21-13-. The van der Waals surface area contributed by atoms with Crippen molar-refractivity contribution in [2.24, 2.45) is 0 Å². The van der Waals surface area contributed by atoms with Gasteiger partial charge in [-0.25, -0.2) is 0 Å². The Bertz CT molecular complexity index is 1240. The molecule has 1 amide bonds. The Labute approximate surface area is 198 Å². The van der Waals surface area contributed by atoms with E-state index in [4.69, 9.17) is 28.6 Å². The van der Waals surface area contributed by atoms with Crippen molar-refractivity contribution < 1.29 is 14.5 Å². The van der Waals surface area contributed by atoms with E-state index in [-0.39, 0.29) is 11.6 Å². The molecule has 160 valence electrons. The van der Waals surface area contributed by atoms with Gasteiger partial charge in [-0.2, -0.15) is 0 Å². The van der Waals surface area contributed by atoms with Gasteiger partial charge in [-0.05, 0) is 42.0 Å². The number of hydrogen-bond acceptors (Lipinski definition) is 6. The van der Waals surface area contributed by atoms with Gasteiger partial charge < -0.3 is 4.74 Å². The number of ether oxygens (including phenoxy) is 1. The molecule has 1 fully saturated rings. The maximum Gasteiger partial charge on any atom is 0.270 e. The number of nitrogens with zero attached hydrogens (tertiary/aromatic N) is 2. The average Bonchev–Trinajstić information content (AvgIpc) is 3.06. The van der Waals surface area contributed by atoms with Crippen LogP contribution in [0.5, 0.6) is 5.75 Å². The van der Waals surface area contributed by atoms with Crippen molar-refractivity contribution in [2.75, 3.05) is 4.90 Å². The van der Waals surface area contributed by atoms with Crippen molar-refractivity contribution in [3.8, 4) is 5.75 Å². The Morgan fingerprint density at radius 3 is 2.56 bits per heavy atom. The first-order chi connectivity index (χ1) is 15.4. The summed E-state index contributed by atoms with van der Waals surface area (Å²) in [6.07, 6.45) is 1.74. The van der Waals surface area contributed by atoms with Crippen LogP contribution in [0.15, 0.2) is 77.7 Å². The molecular weight excluding hydrogens is 468 g/mol. The molecule has 1 aliphatic heterocycles. The van der Waals surface area contributed by atoms with E-state index in [1.165, 1.54) is 40.9 Å². The monoisotopic (exact) mass is 482 g/mol. The van der Waals surface area contributed by atoms with Crippen LogP contribution in [0.4, 0.5) is 11.4 Å². The summed E-state index contributed by atoms with van der Waals surface area (Å²) in [5, 5.41) is 11.5. The number of nitro benzene ring substituents is 1. The third-order valence-electron chi connectivity index (χ3n) is 4.62. The van der Waals surface area contributed by atoms with Gasteiger partial charge in [-0.15, -0.1) is 0 Å². The van der Waals surface area contributed by atoms with Crippen LogP contribution in [-0.4, -0.2) is 15.2 Å². The van der Waals surface area contributed by atoms with Gasteiger partial charge in [0.05, 0.1) is 15.5 Å². The molecule has 0 spiro atoms. The van der Waals surface area contributed by atoms with Crippen molar-refractivity contribution in [1.29, 1.82) is 0 Å². The molecule has 4 rings (SSSR count). The van der Waals surface area contributed by atoms with Crippen LogP contribution in [0.25, 0.3) is 6.08 Å². The number of thioether (sulfide) groups is 1. The van der Waals surface area contributed by atoms with Gasteiger partial charge in [0, 0.05) is 22.7 Å². The van der Waals surface area contributed by atoms with Gasteiger partial charge in [-0.1, -0.05) is 65.9 Å². The maximum atomic E-state index is 12.9. The molecule has 3 aromatic rings. The summed E-state index contributed by atoms with van der Waals surface area (Å²) in [5.74, 6) is 0.362. The SMILES string of the molecule is O=C1/C(=C/c2cccc(OCc3ccccc3Cl)c2)SC(=S)N1c1ccc([N+](=O)[O-])cc1. The first-order valence-corrected chi connectivity index (χ1v) is 11.0. The zero-order chi connectivity index (χ0) is 22.7. The van der Waals surface area contributed by atoms with Crippen molar-refractivity contribution in [1.82, 2.24) is 0 Å². The van der Waals surface area contributed by atoms with E-state index in [2.05, 4.69) is 0 Å². The Kier molecular flexibility index (Phi) is 6.55. The smallest absolute Gasteiger partial charge is 0.270 e. The van der Waals surface area contributed by atoms with Crippen LogP contribution < -0.4 is 9.64 Å². The van der Waals surface area contributed by atoms with E-state index in [0.717, 1.165) is 11.1 Å². The lowest BCUT2D eigenvalue weighted by Crippen LogP contribution is -2.27. The van der Waals surface area contributed by atoms with Gasteiger partial charge in [0.25, 0.3) is 11.6 Å². The third kappa shape index (κ3) is 4.83. The number of nitro groups is 1. The normalized spacial score (nSPS) is 14.8. The Hall–Kier alpha value is -3.20. The number of amides is 1. The van der Waals surface area contributed by atoms with Crippen molar-refractivity contribution >= 4 is 63.3 Å². The lowest BCUT2D eigenvalue weighted by molar-refractivity contribution is -0.384. The number of halogens is 1. The van der Waals surface area contributed by atoms with E-state index in [0.29, 0.717) is 32.3 Å². The Balaban J connectivity index is 1.51. The topological polar surface area (TPSA) is 72.7 Å². The number of benzene rings is 3. The van der Waals surface area contributed by atoms with E-state index in [9.17, 15) is 14.9 Å². The highest BCUT2D eigenvalue weighted by atomic mass is 35.5. The summed E-state index contributed by atoms with van der Waals surface area (Å²) in [5.41, 5.74) is 2.09. The minimum atomic E-state index is -0.491. The molecular formula is C23H15ClN2O4S2. The molecule has 32 heavy (non-hydrogen) atoms. The second-order valence-corrected chi connectivity index (χ2v) is 8.83. The fourth-order valence-corrected chi connectivity index (χ4v) is 4.53. The summed E-state index contributed by atoms with van der Waals surface area (Å²) in [6, 6.07) is 20.5. The van der Waals surface area contributed by atoms with Crippen molar-refractivity contribution in [2.45, 2.75) is 6.61 Å². The lowest BCUT2D eigenvalue weighted by Gasteiger charge is -2.14. The van der Waals surface area contributed by atoms with E-state index in [1.807, 2.05) is 48.5 Å². The number of anilines is 1. The number of carbonyl (C=O) groups excluding carboxylic acids is 1. The van der Waals surface area contributed by atoms with Crippen LogP contribution in [-0.2, 0) is 11.4 Å². The second kappa shape index (κ2) is 9.52. The first kappa shape index (κ1) is 22.0. The Morgan fingerprint density at radius 1 is 1.09 bits per heavy atom. The van der Waals surface area contributed by atoms with E-state index >= 15 is 0 Å². The molecule has 6 nitrogen and oxygen atoms in total. The molecule has 0 N–H and O–H groups in total. The maximum absolute atomic E-state index is 12.9. The highest BCUT2D eigenvalue weighted by Crippen LogP contribution is 2.36. The molecule has 1 aliphatic rings. The van der Waals surface area contributed by atoms with Crippen LogP contribution >= 0.6 is 35.6 Å². The fourth-order valence-electron chi connectivity index (χ4n) is 3.04.